The molecule has 28 heavy (non-hydrogen) atoms. The second-order valence-electron chi connectivity index (χ2n) is 7.62. The summed E-state index contributed by atoms with van der Waals surface area (Å²) in [5.74, 6) is 1.86. The van der Waals surface area contributed by atoms with Gasteiger partial charge < -0.3 is 14.0 Å². The van der Waals surface area contributed by atoms with E-state index < -0.39 is 0 Å². The van der Waals surface area contributed by atoms with Crippen LogP contribution in [-0.4, -0.2) is 36.3 Å². The first-order chi connectivity index (χ1) is 13.8. The van der Waals surface area contributed by atoms with Crippen LogP contribution in [0.2, 0.25) is 0 Å². The Hall–Kier alpha value is -2.46. The zero-order chi connectivity index (χ0) is 19.2. The van der Waals surface area contributed by atoms with Gasteiger partial charge in [0.2, 0.25) is 0 Å². The number of rotatable bonds is 8. The Bertz CT molecular complexity index is 879. The average molecular weight is 379 g/mol. The minimum atomic E-state index is 0.724. The van der Waals surface area contributed by atoms with Crippen molar-refractivity contribution < 1.29 is 9.47 Å². The number of aryl methyl sites for hydroxylation is 1. The Kier molecular flexibility index (Phi) is 6.17. The molecule has 0 aliphatic carbocycles. The number of nitrogens with zero attached hydrogens (tertiary/aromatic N) is 2. The van der Waals surface area contributed by atoms with E-state index in [1.165, 1.54) is 48.8 Å². The van der Waals surface area contributed by atoms with E-state index in [-0.39, 0.29) is 0 Å². The predicted octanol–water partition coefficient (Wildman–Crippen LogP) is 5.10. The van der Waals surface area contributed by atoms with Crippen molar-refractivity contribution in [2.24, 2.45) is 0 Å². The molecule has 3 aromatic rings. The molecule has 0 radical (unpaired) electrons. The van der Waals surface area contributed by atoms with Gasteiger partial charge >= 0.3 is 0 Å². The second-order valence-corrected chi connectivity index (χ2v) is 7.62. The largest absolute Gasteiger partial charge is 0.497 e. The lowest BCUT2D eigenvalue weighted by atomic mass is 10.1. The quantitative estimate of drug-likeness (QED) is 0.510. The van der Waals surface area contributed by atoms with E-state index in [9.17, 15) is 0 Å². The van der Waals surface area contributed by atoms with Gasteiger partial charge in [0.05, 0.1) is 13.7 Å². The molecule has 4 nitrogen and oxygen atoms in total. The van der Waals surface area contributed by atoms with Crippen molar-refractivity contribution in [1.29, 1.82) is 0 Å². The number of fused-ring (bicyclic) bond motifs is 1. The summed E-state index contributed by atoms with van der Waals surface area (Å²) in [6, 6.07) is 17.0. The molecule has 0 atom stereocenters. The lowest BCUT2D eigenvalue weighted by Gasteiger charge is -2.26. The molecule has 0 unspecified atom stereocenters. The summed E-state index contributed by atoms with van der Waals surface area (Å²) in [5.41, 5.74) is 2.62. The maximum absolute atomic E-state index is 5.95. The first kappa shape index (κ1) is 18.9. The summed E-state index contributed by atoms with van der Waals surface area (Å²) in [5, 5.41) is 1.21. The molecule has 4 heteroatoms. The topological polar surface area (TPSA) is 26.6 Å². The first-order valence-corrected chi connectivity index (χ1v) is 10.4. The Balaban J connectivity index is 1.24. The molecule has 0 amide bonds. The van der Waals surface area contributed by atoms with Crippen molar-refractivity contribution in [3.63, 3.8) is 0 Å². The van der Waals surface area contributed by atoms with Crippen LogP contribution in [0.15, 0.2) is 54.7 Å². The molecule has 0 spiro atoms. The van der Waals surface area contributed by atoms with Gasteiger partial charge in [-0.25, -0.2) is 0 Å². The van der Waals surface area contributed by atoms with Gasteiger partial charge in [0.1, 0.15) is 11.5 Å². The van der Waals surface area contributed by atoms with Crippen molar-refractivity contribution in [3.05, 3.63) is 60.3 Å². The number of benzene rings is 2. The monoisotopic (exact) mass is 378 g/mol. The molecule has 1 saturated heterocycles. The molecular weight excluding hydrogens is 348 g/mol. The molecule has 1 aliphatic rings. The zero-order valence-corrected chi connectivity index (χ0v) is 16.8. The number of likely N-dealkylation sites (tertiary alicyclic amines) is 1. The van der Waals surface area contributed by atoms with E-state index in [2.05, 4.69) is 58.1 Å². The minimum Gasteiger partial charge on any atom is -0.497 e. The molecule has 1 aliphatic heterocycles. The van der Waals surface area contributed by atoms with Crippen LogP contribution >= 0.6 is 0 Å². The molecule has 2 aromatic carbocycles. The lowest BCUT2D eigenvalue weighted by molar-refractivity contribution is 0.221. The average Bonchev–Trinajstić information content (AvgIpc) is 3.15. The highest BCUT2D eigenvalue weighted by atomic mass is 16.5. The number of methoxy groups -OCH3 is 1. The van der Waals surface area contributed by atoms with Crippen LogP contribution in [0.4, 0.5) is 0 Å². The van der Waals surface area contributed by atoms with Crippen LogP contribution in [0.5, 0.6) is 11.5 Å². The summed E-state index contributed by atoms with van der Waals surface area (Å²) in [4.78, 5) is 2.55. The smallest absolute Gasteiger partial charge is 0.119 e. The number of piperidine rings is 1. The van der Waals surface area contributed by atoms with E-state index in [4.69, 9.17) is 9.47 Å². The third-order valence-corrected chi connectivity index (χ3v) is 5.57. The normalized spacial score (nSPS) is 15.0. The Labute approximate surface area is 167 Å². The SMILES string of the molecule is COc1ccc2c(ccn2CCCOc2ccc(CN3CCCCC3)cc2)c1. The van der Waals surface area contributed by atoms with Crippen LogP contribution in [0.25, 0.3) is 10.9 Å². The highest BCUT2D eigenvalue weighted by Gasteiger charge is 2.10. The van der Waals surface area contributed by atoms with Crippen LogP contribution in [0.3, 0.4) is 0 Å². The summed E-state index contributed by atoms with van der Waals surface area (Å²) in [6.07, 6.45) is 7.18. The second kappa shape index (κ2) is 9.16. The van der Waals surface area contributed by atoms with Crippen molar-refractivity contribution >= 4 is 10.9 Å². The molecule has 4 rings (SSSR count). The van der Waals surface area contributed by atoms with E-state index in [1.807, 2.05) is 6.07 Å². The Morgan fingerprint density at radius 1 is 0.893 bits per heavy atom. The number of hydrogen-bond acceptors (Lipinski definition) is 3. The fraction of sp³-hybridized carbons (Fsp3) is 0.417. The van der Waals surface area contributed by atoms with Crippen LogP contribution in [0.1, 0.15) is 31.2 Å². The number of hydrogen-bond donors (Lipinski definition) is 0. The zero-order valence-electron chi connectivity index (χ0n) is 16.8. The van der Waals surface area contributed by atoms with Crippen molar-refractivity contribution in [3.8, 4) is 11.5 Å². The summed E-state index contributed by atoms with van der Waals surface area (Å²) >= 11 is 0. The van der Waals surface area contributed by atoms with Gasteiger partial charge in [0.25, 0.3) is 0 Å². The minimum absolute atomic E-state index is 0.724. The van der Waals surface area contributed by atoms with E-state index in [0.29, 0.717) is 0 Å². The lowest BCUT2D eigenvalue weighted by Crippen LogP contribution is -2.28. The molecule has 0 N–H and O–H groups in total. The van der Waals surface area contributed by atoms with Gasteiger partial charge in [-0.1, -0.05) is 18.6 Å². The van der Waals surface area contributed by atoms with Crippen molar-refractivity contribution in [2.45, 2.75) is 38.8 Å². The fourth-order valence-electron chi connectivity index (χ4n) is 3.99. The molecule has 2 heterocycles. The third kappa shape index (κ3) is 4.68. The summed E-state index contributed by atoms with van der Waals surface area (Å²) in [7, 11) is 1.70. The van der Waals surface area contributed by atoms with Crippen LogP contribution in [0, 0.1) is 0 Å². The van der Waals surface area contributed by atoms with Crippen molar-refractivity contribution in [2.75, 3.05) is 26.8 Å². The Morgan fingerprint density at radius 3 is 2.46 bits per heavy atom. The van der Waals surface area contributed by atoms with Crippen molar-refractivity contribution in [1.82, 2.24) is 9.47 Å². The number of ether oxygens (including phenoxy) is 2. The standard InChI is InChI=1S/C24H30N2O2/c1-27-23-10-11-24-21(18-23)12-16-26(24)15-5-17-28-22-8-6-20(7-9-22)19-25-13-3-2-4-14-25/h6-12,16,18H,2-5,13-15,17,19H2,1H3. The molecule has 0 bridgehead atoms. The maximum atomic E-state index is 5.95. The Morgan fingerprint density at radius 2 is 1.68 bits per heavy atom. The maximum Gasteiger partial charge on any atom is 0.119 e. The van der Waals surface area contributed by atoms with Gasteiger partial charge in [0, 0.05) is 30.2 Å². The van der Waals surface area contributed by atoms with Gasteiger partial charge in [-0.15, -0.1) is 0 Å². The summed E-state index contributed by atoms with van der Waals surface area (Å²) < 4.78 is 13.5. The molecule has 1 aromatic heterocycles. The summed E-state index contributed by atoms with van der Waals surface area (Å²) in [6.45, 7) is 5.20. The fourth-order valence-corrected chi connectivity index (χ4v) is 3.99. The van der Waals surface area contributed by atoms with Gasteiger partial charge in [-0.3, -0.25) is 4.90 Å². The molecule has 148 valence electrons. The van der Waals surface area contributed by atoms with Gasteiger partial charge in [-0.2, -0.15) is 0 Å². The molecule has 1 fully saturated rings. The highest BCUT2D eigenvalue weighted by Crippen LogP contribution is 2.22. The highest BCUT2D eigenvalue weighted by molar-refractivity contribution is 5.81. The van der Waals surface area contributed by atoms with Gasteiger partial charge in [-0.05, 0) is 74.3 Å². The van der Waals surface area contributed by atoms with E-state index in [1.54, 1.807) is 7.11 Å². The predicted molar refractivity (Wildman–Crippen MR) is 114 cm³/mol. The van der Waals surface area contributed by atoms with Crippen LogP contribution in [-0.2, 0) is 13.1 Å². The number of aromatic nitrogens is 1. The van der Waals surface area contributed by atoms with E-state index >= 15 is 0 Å². The first-order valence-electron chi connectivity index (χ1n) is 10.4. The molecule has 0 saturated carbocycles. The van der Waals surface area contributed by atoms with E-state index in [0.717, 1.165) is 37.6 Å². The third-order valence-electron chi connectivity index (χ3n) is 5.57. The molecular formula is C24H30N2O2. The van der Waals surface area contributed by atoms with Crippen LogP contribution < -0.4 is 9.47 Å². The van der Waals surface area contributed by atoms with Gasteiger partial charge in [0.15, 0.2) is 0 Å².